The van der Waals surface area contributed by atoms with Gasteiger partial charge in [-0.15, -0.1) is 11.3 Å². The van der Waals surface area contributed by atoms with E-state index in [-0.39, 0.29) is 11.7 Å². The fourth-order valence-corrected chi connectivity index (χ4v) is 2.96. The maximum absolute atomic E-state index is 13.0. The number of ether oxygens (including phenoxy) is 1. The summed E-state index contributed by atoms with van der Waals surface area (Å²) in [6.07, 6.45) is 0. The second kappa shape index (κ2) is 7.23. The molecule has 1 aromatic heterocycles. The first-order valence-electron chi connectivity index (χ1n) is 7.28. The molecule has 0 spiro atoms. The second-order valence-electron chi connectivity index (χ2n) is 5.08. The van der Waals surface area contributed by atoms with Crippen molar-refractivity contribution in [1.82, 2.24) is 10.3 Å². The number of carbonyl (C=O) groups is 1. The van der Waals surface area contributed by atoms with Crippen LogP contribution in [0.15, 0.2) is 53.9 Å². The standard InChI is InChI=1S/C18H15FN2O2S/c1-23-15-4-2-3-12(9-15)10-20-17(22)16-11-24-18(21-16)13-5-7-14(19)8-6-13/h2-9,11H,10H2,1H3,(H,20,22). The number of benzene rings is 2. The quantitative estimate of drug-likeness (QED) is 0.765. The van der Waals surface area contributed by atoms with E-state index in [9.17, 15) is 9.18 Å². The summed E-state index contributed by atoms with van der Waals surface area (Å²) in [7, 11) is 1.60. The van der Waals surface area contributed by atoms with Crippen molar-refractivity contribution in [2.75, 3.05) is 7.11 Å². The van der Waals surface area contributed by atoms with Crippen molar-refractivity contribution in [2.24, 2.45) is 0 Å². The van der Waals surface area contributed by atoms with Crippen molar-refractivity contribution in [2.45, 2.75) is 6.54 Å². The first-order chi connectivity index (χ1) is 11.7. The summed E-state index contributed by atoms with van der Waals surface area (Å²) in [5, 5.41) is 5.21. The number of halogens is 1. The van der Waals surface area contributed by atoms with Crippen LogP contribution in [0.2, 0.25) is 0 Å². The molecule has 0 aliphatic heterocycles. The number of methoxy groups -OCH3 is 1. The topological polar surface area (TPSA) is 51.2 Å². The maximum atomic E-state index is 13.0. The van der Waals surface area contributed by atoms with Crippen molar-refractivity contribution in [3.63, 3.8) is 0 Å². The van der Waals surface area contributed by atoms with Crippen molar-refractivity contribution in [1.29, 1.82) is 0 Å². The van der Waals surface area contributed by atoms with Gasteiger partial charge in [0.2, 0.25) is 0 Å². The molecule has 0 saturated carbocycles. The Morgan fingerprint density at radius 1 is 1.25 bits per heavy atom. The first-order valence-corrected chi connectivity index (χ1v) is 8.16. The Kier molecular flexibility index (Phi) is 4.86. The van der Waals surface area contributed by atoms with Crippen molar-refractivity contribution >= 4 is 17.2 Å². The third-order valence-corrected chi connectivity index (χ3v) is 4.31. The van der Waals surface area contributed by atoms with E-state index in [0.717, 1.165) is 16.9 Å². The number of aromatic nitrogens is 1. The summed E-state index contributed by atoms with van der Waals surface area (Å²) in [6.45, 7) is 0.388. The van der Waals surface area contributed by atoms with Gasteiger partial charge in [0.1, 0.15) is 22.3 Å². The molecule has 0 aliphatic carbocycles. The Bertz CT molecular complexity index is 846. The fraction of sp³-hybridized carbons (Fsp3) is 0.111. The van der Waals surface area contributed by atoms with Gasteiger partial charge in [0.05, 0.1) is 7.11 Å². The highest BCUT2D eigenvalue weighted by Gasteiger charge is 2.12. The van der Waals surface area contributed by atoms with Crippen molar-refractivity contribution in [3.05, 3.63) is 71.0 Å². The molecule has 4 nitrogen and oxygen atoms in total. The number of carbonyl (C=O) groups excluding carboxylic acids is 1. The molecule has 0 atom stereocenters. The summed E-state index contributed by atoms with van der Waals surface area (Å²) in [4.78, 5) is 16.5. The molecule has 3 rings (SSSR count). The molecule has 0 radical (unpaired) electrons. The number of nitrogens with one attached hydrogen (secondary N) is 1. The average molecular weight is 342 g/mol. The van der Waals surface area contributed by atoms with Crippen LogP contribution >= 0.6 is 11.3 Å². The van der Waals surface area contributed by atoms with E-state index in [2.05, 4.69) is 10.3 Å². The van der Waals surface area contributed by atoms with E-state index in [1.807, 2.05) is 24.3 Å². The highest BCUT2D eigenvalue weighted by molar-refractivity contribution is 7.13. The molecule has 1 amide bonds. The number of thiazole rings is 1. The smallest absolute Gasteiger partial charge is 0.271 e. The van der Waals surface area contributed by atoms with Gasteiger partial charge in [0, 0.05) is 17.5 Å². The van der Waals surface area contributed by atoms with E-state index >= 15 is 0 Å². The highest BCUT2D eigenvalue weighted by atomic mass is 32.1. The summed E-state index contributed by atoms with van der Waals surface area (Å²) in [5.41, 5.74) is 2.08. The normalized spacial score (nSPS) is 10.4. The van der Waals surface area contributed by atoms with Gasteiger partial charge in [-0.25, -0.2) is 9.37 Å². The van der Waals surface area contributed by atoms with E-state index in [1.54, 1.807) is 24.6 Å². The van der Waals surface area contributed by atoms with E-state index in [4.69, 9.17) is 4.74 Å². The number of amides is 1. The van der Waals surface area contributed by atoms with Gasteiger partial charge in [-0.1, -0.05) is 12.1 Å². The third-order valence-electron chi connectivity index (χ3n) is 3.42. The molecule has 0 bridgehead atoms. The van der Waals surface area contributed by atoms with Crippen LogP contribution in [-0.2, 0) is 6.54 Å². The van der Waals surface area contributed by atoms with Crippen LogP contribution in [0, 0.1) is 5.82 Å². The van der Waals surface area contributed by atoms with Crippen LogP contribution < -0.4 is 10.1 Å². The summed E-state index contributed by atoms with van der Waals surface area (Å²) in [5.74, 6) is 0.197. The minimum absolute atomic E-state index is 0.248. The Morgan fingerprint density at radius 2 is 2.04 bits per heavy atom. The van der Waals surface area contributed by atoms with Crippen molar-refractivity contribution in [3.8, 4) is 16.3 Å². The van der Waals surface area contributed by atoms with Gasteiger partial charge in [-0.05, 0) is 42.0 Å². The summed E-state index contributed by atoms with van der Waals surface area (Å²) < 4.78 is 18.1. The van der Waals surface area contributed by atoms with E-state index in [0.29, 0.717) is 17.2 Å². The Balaban J connectivity index is 1.66. The molecule has 0 saturated heterocycles. The van der Waals surface area contributed by atoms with Gasteiger partial charge in [0.25, 0.3) is 5.91 Å². The molecule has 0 unspecified atom stereocenters. The highest BCUT2D eigenvalue weighted by Crippen LogP contribution is 2.24. The predicted octanol–water partition coefficient (Wildman–Crippen LogP) is 3.89. The molecule has 122 valence electrons. The lowest BCUT2D eigenvalue weighted by Crippen LogP contribution is -2.23. The molecule has 6 heteroatoms. The van der Waals surface area contributed by atoms with Crippen LogP contribution in [0.3, 0.4) is 0 Å². The van der Waals surface area contributed by atoms with Crippen LogP contribution in [0.25, 0.3) is 10.6 Å². The van der Waals surface area contributed by atoms with Crippen molar-refractivity contribution < 1.29 is 13.9 Å². The lowest BCUT2D eigenvalue weighted by atomic mass is 10.2. The zero-order valence-electron chi connectivity index (χ0n) is 13.0. The minimum atomic E-state index is -0.299. The average Bonchev–Trinajstić information content (AvgIpc) is 3.10. The molecular weight excluding hydrogens is 327 g/mol. The van der Waals surface area contributed by atoms with E-state index < -0.39 is 0 Å². The molecule has 0 fully saturated rings. The zero-order chi connectivity index (χ0) is 16.9. The number of nitrogens with zero attached hydrogens (tertiary/aromatic N) is 1. The van der Waals surface area contributed by atoms with Gasteiger partial charge in [-0.3, -0.25) is 4.79 Å². The van der Waals surface area contributed by atoms with Gasteiger partial charge >= 0.3 is 0 Å². The molecule has 0 aliphatic rings. The van der Waals surface area contributed by atoms with Crippen LogP contribution in [0.1, 0.15) is 16.1 Å². The minimum Gasteiger partial charge on any atom is -0.497 e. The number of rotatable bonds is 5. The third kappa shape index (κ3) is 3.78. The van der Waals surface area contributed by atoms with Crippen LogP contribution in [0.4, 0.5) is 4.39 Å². The molecule has 1 N–H and O–H groups in total. The lowest BCUT2D eigenvalue weighted by molar-refractivity contribution is 0.0946. The number of hydrogen-bond donors (Lipinski definition) is 1. The second-order valence-corrected chi connectivity index (χ2v) is 5.94. The zero-order valence-corrected chi connectivity index (χ0v) is 13.8. The van der Waals surface area contributed by atoms with Gasteiger partial charge in [-0.2, -0.15) is 0 Å². The lowest BCUT2D eigenvalue weighted by Gasteiger charge is -2.05. The Hall–Kier alpha value is -2.73. The van der Waals surface area contributed by atoms with Gasteiger partial charge < -0.3 is 10.1 Å². The van der Waals surface area contributed by atoms with Gasteiger partial charge in [0.15, 0.2) is 0 Å². The molecule has 3 aromatic rings. The SMILES string of the molecule is COc1cccc(CNC(=O)c2csc(-c3ccc(F)cc3)n2)c1. The van der Waals surface area contributed by atoms with Crippen LogP contribution in [0.5, 0.6) is 5.75 Å². The molecular formula is C18H15FN2O2S. The fourth-order valence-electron chi connectivity index (χ4n) is 2.16. The Labute approximate surface area is 142 Å². The summed E-state index contributed by atoms with van der Waals surface area (Å²) in [6, 6.07) is 13.5. The molecule has 24 heavy (non-hydrogen) atoms. The predicted molar refractivity (Wildman–Crippen MR) is 91.7 cm³/mol. The number of hydrogen-bond acceptors (Lipinski definition) is 4. The van der Waals surface area contributed by atoms with E-state index in [1.165, 1.54) is 23.5 Å². The molecule has 2 aromatic carbocycles. The monoisotopic (exact) mass is 342 g/mol. The maximum Gasteiger partial charge on any atom is 0.271 e. The largest absolute Gasteiger partial charge is 0.497 e. The Morgan fingerprint density at radius 3 is 2.79 bits per heavy atom. The van der Waals surface area contributed by atoms with Crippen LogP contribution in [-0.4, -0.2) is 18.0 Å². The first kappa shape index (κ1) is 16.1. The summed E-state index contributed by atoms with van der Waals surface area (Å²) >= 11 is 1.35. The molecule has 1 heterocycles.